The van der Waals surface area contributed by atoms with E-state index < -0.39 is 0 Å². The zero-order chi connectivity index (χ0) is 13.5. The number of rotatable bonds is 7. The molecule has 0 saturated carbocycles. The number of carbonyl (C=O) groups is 1. The highest BCUT2D eigenvalue weighted by Crippen LogP contribution is 2.12. The van der Waals surface area contributed by atoms with Crippen molar-refractivity contribution >= 4 is 5.91 Å². The number of nitrogens with one attached hydrogen (secondary N) is 1. The Morgan fingerprint density at radius 3 is 2.89 bits per heavy atom. The topological polar surface area (TPSA) is 76.2 Å². The Morgan fingerprint density at radius 1 is 1.47 bits per heavy atom. The number of amides is 1. The van der Waals surface area contributed by atoms with Gasteiger partial charge in [-0.2, -0.15) is 0 Å². The van der Waals surface area contributed by atoms with Crippen molar-refractivity contribution in [1.82, 2.24) is 19.8 Å². The summed E-state index contributed by atoms with van der Waals surface area (Å²) in [6, 6.07) is 0.483. The Kier molecular flexibility index (Phi) is 5.35. The minimum atomic E-state index is -0.235. The largest absolute Gasteiger partial charge is 0.369 e. The highest BCUT2D eigenvalue weighted by atomic mass is 16.1. The molecule has 0 unspecified atom stereocenters. The van der Waals surface area contributed by atoms with E-state index in [0.29, 0.717) is 12.6 Å². The smallest absolute Gasteiger partial charge is 0.231 e. The van der Waals surface area contributed by atoms with E-state index in [9.17, 15) is 4.79 Å². The molecule has 0 aliphatic carbocycles. The number of hydrogen-bond acceptors (Lipinski definition) is 4. The fourth-order valence-electron chi connectivity index (χ4n) is 2.64. The van der Waals surface area contributed by atoms with Crippen LogP contribution < -0.4 is 11.1 Å². The predicted octanol–water partition coefficient (Wildman–Crippen LogP) is -0.187. The van der Waals surface area contributed by atoms with Crippen LogP contribution in [-0.4, -0.2) is 52.6 Å². The Bertz CT molecular complexity index is 372. The molecule has 2 heterocycles. The van der Waals surface area contributed by atoms with Crippen LogP contribution in [0.4, 0.5) is 0 Å². The third-order valence-corrected chi connectivity index (χ3v) is 3.60. The van der Waals surface area contributed by atoms with Crippen molar-refractivity contribution in [2.45, 2.75) is 31.8 Å². The van der Waals surface area contributed by atoms with Crippen LogP contribution in [0.1, 0.15) is 19.3 Å². The van der Waals surface area contributed by atoms with Crippen molar-refractivity contribution in [2.24, 2.45) is 5.73 Å². The van der Waals surface area contributed by atoms with E-state index in [1.165, 1.54) is 0 Å². The van der Waals surface area contributed by atoms with Crippen molar-refractivity contribution in [2.75, 3.05) is 26.2 Å². The number of primary amides is 1. The Labute approximate surface area is 114 Å². The third-order valence-electron chi connectivity index (χ3n) is 3.60. The van der Waals surface area contributed by atoms with E-state index in [4.69, 9.17) is 5.73 Å². The molecule has 0 spiro atoms. The molecule has 6 nitrogen and oxygen atoms in total. The summed E-state index contributed by atoms with van der Waals surface area (Å²) < 4.78 is 2.06. The lowest BCUT2D eigenvalue weighted by Crippen LogP contribution is -2.47. The zero-order valence-electron chi connectivity index (χ0n) is 11.3. The molecule has 1 aliphatic rings. The second kappa shape index (κ2) is 7.25. The minimum absolute atomic E-state index is 0.235. The maximum Gasteiger partial charge on any atom is 0.231 e. The first kappa shape index (κ1) is 14.0. The molecule has 1 fully saturated rings. The number of nitrogens with two attached hydrogens (primary N) is 1. The minimum Gasteiger partial charge on any atom is -0.369 e. The predicted molar refractivity (Wildman–Crippen MR) is 73.5 cm³/mol. The molecule has 106 valence electrons. The molecule has 0 aromatic carbocycles. The molecule has 1 aliphatic heterocycles. The van der Waals surface area contributed by atoms with Gasteiger partial charge in [0.2, 0.25) is 5.91 Å². The fraction of sp³-hybridized carbons (Fsp3) is 0.692. The van der Waals surface area contributed by atoms with Gasteiger partial charge in [-0.05, 0) is 32.4 Å². The van der Waals surface area contributed by atoms with Crippen LogP contribution in [0.15, 0.2) is 18.7 Å². The van der Waals surface area contributed by atoms with E-state index in [2.05, 4.69) is 19.8 Å². The lowest BCUT2D eigenvalue weighted by Gasteiger charge is -2.33. The number of hydrogen-bond donors (Lipinski definition) is 2. The maximum atomic E-state index is 11.2. The zero-order valence-corrected chi connectivity index (χ0v) is 11.3. The van der Waals surface area contributed by atoms with Gasteiger partial charge >= 0.3 is 0 Å². The van der Waals surface area contributed by atoms with Crippen molar-refractivity contribution in [3.63, 3.8) is 0 Å². The van der Waals surface area contributed by atoms with Gasteiger partial charge in [0, 0.05) is 31.5 Å². The molecule has 0 atom stereocenters. The summed E-state index contributed by atoms with van der Waals surface area (Å²) in [5.41, 5.74) is 5.35. The molecule has 1 aromatic heterocycles. The molecule has 19 heavy (non-hydrogen) atoms. The normalized spacial score (nSPS) is 16.9. The Balaban J connectivity index is 1.80. The number of imidazole rings is 1. The molecule has 0 radical (unpaired) electrons. The van der Waals surface area contributed by atoms with Crippen LogP contribution in [0.25, 0.3) is 0 Å². The highest BCUT2D eigenvalue weighted by Gasteiger charge is 2.21. The van der Waals surface area contributed by atoms with Gasteiger partial charge in [-0.3, -0.25) is 9.69 Å². The van der Waals surface area contributed by atoms with Gasteiger partial charge < -0.3 is 15.6 Å². The van der Waals surface area contributed by atoms with E-state index in [1.54, 1.807) is 6.20 Å². The summed E-state index contributed by atoms with van der Waals surface area (Å²) in [6.07, 6.45) is 8.77. The molecule has 6 heteroatoms. The van der Waals surface area contributed by atoms with Crippen molar-refractivity contribution in [1.29, 1.82) is 0 Å². The number of piperidine rings is 1. The first-order valence-electron chi connectivity index (χ1n) is 6.94. The van der Waals surface area contributed by atoms with Crippen molar-refractivity contribution in [3.8, 4) is 0 Å². The van der Waals surface area contributed by atoms with E-state index in [1.807, 2.05) is 12.5 Å². The number of carbonyl (C=O) groups excluding carboxylic acids is 1. The van der Waals surface area contributed by atoms with Gasteiger partial charge in [0.15, 0.2) is 0 Å². The maximum absolute atomic E-state index is 11.2. The Morgan fingerprint density at radius 2 is 2.26 bits per heavy atom. The quantitative estimate of drug-likeness (QED) is 0.716. The first-order valence-corrected chi connectivity index (χ1v) is 6.94. The lowest BCUT2D eigenvalue weighted by molar-refractivity contribution is -0.119. The number of nitrogens with zero attached hydrogens (tertiary/aromatic N) is 3. The van der Waals surface area contributed by atoms with Gasteiger partial charge in [0.25, 0.3) is 0 Å². The lowest BCUT2D eigenvalue weighted by atomic mass is 10.0. The summed E-state index contributed by atoms with van der Waals surface area (Å²) in [5.74, 6) is -0.235. The summed E-state index contributed by atoms with van der Waals surface area (Å²) in [6.45, 7) is 4.27. The molecule has 1 amide bonds. The van der Waals surface area contributed by atoms with Gasteiger partial charge in [-0.1, -0.05) is 0 Å². The highest BCUT2D eigenvalue weighted by molar-refractivity contribution is 5.75. The van der Waals surface area contributed by atoms with Crippen LogP contribution in [0.2, 0.25) is 0 Å². The summed E-state index contributed by atoms with van der Waals surface area (Å²) in [7, 11) is 0. The summed E-state index contributed by atoms with van der Waals surface area (Å²) in [4.78, 5) is 17.5. The van der Waals surface area contributed by atoms with E-state index >= 15 is 0 Å². The van der Waals surface area contributed by atoms with Crippen molar-refractivity contribution < 1.29 is 4.79 Å². The summed E-state index contributed by atoms with van der Waals surface area (Å²) in [5, 5.41) is 3.35. The molecule has 2 rings (SSSR count). The van der Waals surface area contributed by atoms with Gasteiger partial charge in [0.1, 0.15) is 0 Å². The van der Waals surface area contributed by atoms with Crippen LogP contribution in [0.3, 0.4) is 0 Å². The van der Waals surface area contributed by atoms with Crippen molar-refractivity contribution in [3.05, 3.63) is 18.7 Å². The van der Waals surface area contributed by atoms with Gasteiger partial charge in [0.05, 0.1) is 12.9 Å². The SMILES string of the molecule is NC(=O)CN(CCCn1ccnc1)C1CCNCC1. The average Bonchev–Trinajstić information content (AvgIpc) is 2.91. The molecular weight excluding hydrogens is 242 g/mol. The first-order chi connectivity index (χ1) is 9.25. The van der Waals surface area contributed by atoms with Gasteiger partial charge in [-0.25, -0.2) is 4.98 Å². The molecule has 0 bridgehead atoms. The second-order valence-corrected chi connectivity index (χ2v) is 5.07. The second-order valence-electron chi connectivity index (χ2n) is 5.07. The number of aromatic nitrogens is 2. The van der Waals surface area contributed by atoms with Crippen LogP contribution in [0, 0.1) is 0 Å². The summed E-state index contributed by atoms with van der Waals surface area (Å²) >= 11 is 0. The molecular formula is C13H23N5O. The standard InChI is InChI=1S/C13H23N5O/c14-13(19)10-18(12-2-4-15-5-3-12)8-1-7-17-9-6-16-11-17/h6,9,11-12,15H,1-5,7-8,10H2,(H2,14,19). The van der Waals surface area contributed by atoms with E-state index in [0.717, 1.165) is 45.4 Å². The molecule has 3 N–H and O–H groups in total. The third kappa shape index (κ3) is 4.65. The van der Waals surface area contributed by atoms with Crippen LogP contribution >= 0.6 is 0 Å². The fourth-order valence-corrected chi connectivity index (χ4v) is 2.64. The van der Waals surface area contributed by atoms with Crippen LogP contribution in [-0.2, 0) is 11.3 Å². The number of aryl methyl sites for hydroxylation is 1. The van der Waals surface area contributed by atoms with Gasteiger partial charge in [-0.15, -0.1) is 0 Å². The van der Waals surface area contributed by atoms with Crippen LogP contribution in [0.5, 0.6) is 0 Å². The average molecular weight is 265 g/mol. The van der Waals surface area contributed by atoms with E-state index in [-0.39, 0.29) is 5.91 Å². The monoisotopic (exact) mass is 265 g/mol. The molecule has 1 aromatic rings. The molecule has 1 saturated heterocycles. The Hall–Kier alpha value is -1.40.